The monoisotopic (exact) mass is 336 g/mol. The van der Waals surface area contributed by atoms with Crippen LogP contribution in [0.15, 0.2) is 48.5 Å². The van der Waals surface area contributed by atoms with Crippen molar-refractivity contribution < 1.29 is 9.53 Å². The van der Waals surface area contributed by atoms with Crippen molar-refractivity contribution in [2.45, 2.75) is 43.8 Å². The molecule has 0 saturated heterocycles. The van der Waals surface area contributed by atoms with E-state index in [1.165, 1.54) is 29.4 Å². The highest BCUT2D eigenvalue weighted by atomic mass is 16.5. The summed E-state index contributed by atoms with van der Waals surface area (Å²) in [5.41, 5.74) is 10.9. The number of nitrogens with two attached hydrogens (primary N) is 1. The summed E-state index contributed by atoms with van der Waals surface area (Å²) in [7, 11) is 1.47. The van der Waals surface area contributed by atoms with Gasteiger partial charge in [-0.2, -0.15) is 0 Å². The van der Waals surface area contributed by atoms with Crippen LogP contribution in [0.3, 0.4) is 0 Å². The number of hydrogen-bond acceptors (Lipinski definition) is 3. The maximum absolute atomic E-state index is 12.8. The molecule has 0 bridgehead atoms. The van der Waals surface area contributed by atoms with Crippen molar-refractivity contribution in [1.82, 2.24) is 4.90 Å². The number of hydrogen-bond donors (Lipinski definition) is 1. The lowest BCUT2D eigenvalue weighted by atomic mass is 9.89. The van der Waals surface area contributed by atoms with Gasteiger partial charge in [-0.05, 0) is 47.9 Å². The molecule has 4 rings (SSSR count). The van der Waals surface area contributed by atoms with Gasteiger partial charge in [0.2, 0.25) is 0 Å². The molecule has 2 aromatic rings. The zero-order valence-corrected chi connectivity index (χ0v) is 14.5. The van der Waals surface area contributed by atoms with E-state index in [1.54, 1.807) is 0 Å². The highest BCUT2D eigenvalue weighted by Gasteiger charge is 2.40. The van der Waals surface area contributed by atoms with Gasteiger partial charge in [0.05, 0.1) is 13.2 Å². The second kappa shape index (κ2) is 6.52. The molecule has 4 nitrogen and oxygen atoms in total. The third-order valence-corrected chi connectivity index (χ3v) is 5.60. The highest BCUT2D eigenvalue weighted by Crippen LogP contribution is 2.47. The minimum atomic E-state index is -0.253. The Morgan fingerprint density at radius 2 is 1.48 bits per heavy atom. The molecule has 1 amide bonds. The van der Waals surface area contributed by atoms with E-state index in [2.05, 4.69) is 36.4 Å². The summed E-state index contributed by atoms with van der Waals surface area (Å²) in [6.07, 6.45) is 3.51. The third-order valence-electron chi connectivity index (χ3n) is 5.60. The minimum absolute atomic E-state index is 0.0841. The number of fused-ring (bicyclic) bond motifs is 3. The van der Waals surface area contributed by atoms with Crippen molar-refractivity contribution in [3.63, 3.8) is 0 Å². The molecule has 1 saturated carbocycles. The lowest BCUT2D eigenvalue weighted by Crippen LogP contribution is -2.46. The average Bonchev–Trinajstić information content (AvgIpc) is 2.98. The SMILES string of the molecule is COC(=O)N(C1CCC(N)CC1)C1c2ccccc2-c2ccccc21. The second-order valence-electron chi connectivity index (χ2n) is 7.02. The number of carbonyl (C=O) groups is 1. The molecule has 0 radical (unpaired) electrons. The van der Waals surface area contributed by atoms with E-state index < -0.39 is 0 Å². The van der Waals surface area contributed by atoms with Gasteiger partial charge in [-0.1, -0.05) is 48.5 Å². The molecule has 2 aromatic carbocycles. The molecule has 0 spiro atoms. The Hall–Kier alpha value is -2.33. The zero-order chi connectivity index (χ0) is 17.4. The number of carbonyl (C=O) groups excluding carboxylic acids is 1. The maximum Gasteiger partial charge on any atom is 0.410 e. The summed E-state index contributed by atoms with van der Waals surface area (Å²) in [6.45, 7) is 0. The van der Waals surface area contributed by atoms with Crippen LogP contribution in [0.5, 0.6) is 0 Å². The lowest BCUT2D eigenvalue weighted by Gasteiger charge is -2.39. The normalized spacial score (nSPS) is 22.2. The topological polar surface area (TPSA) is 55.6 Å². The molecule has 25 heavy (non-hydrogen) atoms. The van der Waals surface area contributed by atoms with E-state index in [4.69, 9.17) is 10.5 Å². The van der Waals surface area contributed by atoms with Crippen molar-refractivity contribution in [3.8, 4) is 11.1 Å². The quantitative estimate of drug-likeness (QED) is 0.898. The van der Waals surface area contributed by atoms with Gasteiger partial charge in [-0.25, -0.2) is 4.79 Å². The average molecular weight is 336 g/mol. The van der Waals surface area contributed by atoms with E-state index in [0.29, 0.717) is 0 Å². The summed E-state index contributed by atoms with van der Waals surface area (Å²) < 4.78 is 5.19. The fraction of sp³-hybridized carbons (Fsp3) is 0.381. The van der Waals surface area contributed by atoms with Crippen LogP contribution in [0.2, 0.25) is 0 Å². The Kier molecular flexibility index (Phi) is 4.22. The van der Waals surface area contributed by atoms with Crippen LogP contribution in [0, 0.1) is 0 Å². The molecule has 0 heterocycles. The zero-order valence-electron chi connectivity index (χ0n) is 14.5. The van der Waals surface area contributed by atoms with E-state index in [9.17, 15) is 4.79 Å². The predicted molar refractivity (Wildman–Crippen MR) is 98.2 cm³/mol. The minimum Gasteiger partial charge on any atom is -0.453 e. The number of benzene rings is 2. The largest absolute Gasteiger partial charge is 0.453 e. The van der Waals surface area contributed by atoms with Crippen LogP contribution in [-0.4, -0.2) is 30.2 Å². The molecule has 2 aliphatic carbocycles. The Labute approximate surface area is 148 Å². The molecule has 130 valence electrons. The second-order valence-corrected chi connectivity index (χ2v) is 7.02. The molecule has 0 aliphatic heterocycles. The van der Waals surface area contributed by atoms with Crippen LogP contribution in [-0.2, 0) is 4.74 Å². The Morgan fingerprint density at radius 3 is 2.00 bits per heavy atom. The van der Waals surface area contributed by atoms with Crippen LogP contribution in [0.1, 0.15) is 42.9 Å². The predicted octanol–water partition coefficient (Wildman–Crippen LogP) is 4.09. The molecular weight excluding hydrogens is 312 g/mol. The molecule has 1 fully saturated rings. The first-order valence-electron chi connectivity index (χ1n) is 9.00. The molecule has 0 aromatic heterocycles. The van der Waals surface area contributed by atoms with Crippen molar-refractivity contribution in [1.29, 1.82) is 0 Å². The first-order chi connectivity index (χ1) is 12.2. The van der Waals surface area contributed by atoms with Crippen molar-refractivity contribution in [2.24, 2.45) is 5.73 Å². The summed E-state index contributed by atoms with van der Waals surface area (Å²) in [5.74, 6) is 0. The summed E-state index contributed by atoms with van der Waals surface area (Å²) in [5, 5.41) is 0. The first-order valence-corrected chi connectivity index (χ1v) is 9.00. The third kappa shape index (κ3) is 2.71. The van der Waals surface area contributed by atoms with Gasteiger partial charge >= 0.3 is 6.09 Å². The van der Waals surface area contributed by atoms with Gasteiger partial charge in [-0.3, -0.25) is 4.90 Å². The molecule has 2 aliphatic rings. The van der Waals surface area contributed by atoms with Crippen molar-refractivity contribution in [2.75, 3.05) is 7.11 Å². The molecule has 2 N–H and O–H groups in total. The molecular formula is C21H24N2O2. The van der Waals surface area contributed by atoms with Gasteiger partial charge in [0.15, 0.2) is 0 Å². The van der Waals surface area contributed by atoms with E-state index in [0.717, 1.165) is 25.7 Å². The molecule has 4 heteroatoms. The molecule has 0 atom stereocenters. The van der Waals surface area contributed by atoms with E-state index >= 15 is 0 Å². The Morgan fingerprint density at radius 1 is 0.960 bits per heavy atom. The standard InChI is InChI=1S/C21H24N2O2/c1-25-21(24)23(15-12-10-14(22)11-13-15)20-18-8-4-2-6-16(18)17-7-3-5-9-19(17)20/h2-9,14-15,20H,10-13,22H2,1H3. The van der Waals surface area contributed by atoms with E-state index in [-0.39, 0.29) is 24.2 Å². The summed E-state index contributed by atoms with van der Waals surface area (Å²) >= 11 is 0. The van der Waals surface area contributed by atoms with Crippen LogP contribution >= 0.6 is 0 Å². The maximum atomic E-state index is 12.8. The van der Waals surface area contributed by atoms with Gasteiger partial charge in [0.1, 0.15) is 0 Å². The summed E-state index contributed by atoms with van der Waals surface area (Å²) in [6, 6.07) is 17.1. The fourth-order valence-corrected chi connectivity index (χ4v) is 4.38. The number of amides is 1. The van der Waals surface area contributed by atoms with E-state index in [1.807, 2.05) is 17.0 Å². The first kappa shape index (κ1) is 16.2. The van der Waals surface area contributed by atoms with Crippen LogP contribution < -0.4 is 5.73 Å². The highest BCUT2D eigenvalue weighted by molar-refractivity contribution is 5.81. The molecule has 0 unspecified atom stereocenters. The number of rotatable bonds is 2. The van der Waals surface area contributed by atoms with Gasteiger partial charge in [-0.15, -0.1) is 0 Å². The Balaban J connectivity index is 1.80. The van der Waals surface area contributed by atoms with Crippen LogP contribution in [0.4, 0.5) is 4.79 Å². The van der Waals surface area contributed by atoms with Gasteiger partial charge in [0, 0.05) is 12.1 Å². The lowest BCUT2D eigenvalue weighted by molar-refractivity contribution is 0.0771. The number of methoxy groups -OCH3 is 1. The number of ether oxygens (including phenoxy) is 1. The fourth-order valence-electron chi connectivity index (χ4n) is 4.38. The Bertz CT molecular complexity index is 735. The summed E-state index contributed by atoms with van der Waals surface area (Å²) in [4.78, 5) is 14.7. The smallest absolute Gasteiger partial charge is 0.410 e. The van der Waals surface area contributed by atoms with Crippen LogP contribution in [0.25, 0.3) is 11.1 Å². The number of nitrogens with zero attached hydrogens (tertiary/aromatic N) is 1. The van der Waals surface area contributed by atoms with Gasteiger partial charge in [0.25, 0.3) is 0 Å². The van der Waals surface area contributed by atoms with Crippen molar-refractivity contribution in [3.05, 3.63) is 59.7 Å². The van der Waals surface area contributed by atoms with Crippen molar-refractivity contribution >= 4 is 6.09 Å². The van der Waals surface area contributed by atoms with Gasteiger partial charge < -0.3 is 10.5 Å².